The van der Waals surface area contributed by atoms with Crippen molar-refractivity contribution >= 4 is 5.82 Å². The first-order valence-electron chi connectivity index (χ1n) is 4.04. The summed E-state index contributed by atoms with van der Waals surface area (Å²) >= 11 is 0. The molecule has 5 nitrogen and oxygen atoms in total. The first-order valence-corrected chi connectivity index (χ1v) is 4.04. The van der Waals surface area contributed by atoms with E-state index in [9.17, 15) is 4.39 Å². The van der Waals surface area contributed by atoms with Gasteiger partial charge in [0.15, 0.2) is 0 Å². The van der Waals surface area contributed by atoms with Crippen LogP contribution >= 0.6 is 0 Å². The lowest BCUT2D eigenvalue weighted by Gasteiger charge is -2.01. The van der Waals surface area contributed by atoms with E-state index >= 15 is 0 Å². The summed E-state index contributed by atoms with van der Waals surface area (Å²) in [5.41, 5.74) is 0.774. The van der Waals surface area contributed by atoms with Crippen LogP contribution in [0.1, 0.15) is 5.69 Å². The fourth-order valence-corrected chi connectivity index (χ4v) is 0.972. The van der Waals surface area contributed by atoms with E-state index in [0.717, 1.165) is 11.9 Å². The van der Waals surface area contributed by atoms with Crippen molar-refractivity contribution in [1.29, 1.82) is 0 Å². The quantitative estimate of drug-likeness (QED) is 0.761. The standard InChI is InChI=1S/C8H8FN5/c9-6-1-2-8(10-3-6)11-4-7-5-12-14-13-7/h1-3,5H,4H2,(H,10,11)(H,12,13,14). The SMILES string of the molecule is Fc1ccc(NCc2cn[nH]n2)nc1. The summed E-state index contributed by atoms with van der Waals surface area (Å²) in [5, 5.41) is 13.0. The second kappa shape index (κ2) is 3.82. The predicted molar refractivity (Wildman–Crippen MR) is 47.9 cm³/mol. The molecule has 0 amide bonds. The molecule has 2 aromatic heterocycles. The van der Waals surface area contributed by atoms with E-state index in [2.05, 4.69) is 25.7 Å². The third-order valence-electron chi connectivity index (χ3n) is 1.64. The number of anilines is 1. The Morgan fingerprint density at radius 1 is 1.36 bits per heavy atom. The summed E-state index contributed by atoms with van der Waals surface area (Å²) in [6.45, 7) is 0.509. The average molecular weight is 193 g/mol. The number of nitrogens with zero attached hydrogens (tertiary/aromatic N) is 3. The molecule has 0 aliphatic rings. The molecule has 0 atom stereocenters. The minimum Gasteiger partial charge on any atom is -0.364 e. The van der Waals surface area contributed by atoms with Crippen molar-refractivity contribution in [3.05, 3.63) is 36.0 Å². The van der Waals surface area contributed by atoms with Crippen LogP contribution in [0.2, 0.25) is 0 Å². The van der Waals surface area contributed by atoms with E-state index in [-0.39, 0.29) is 5.82 Å². The molecule has 6 heteroatoms. The van der Waals surface area contributed by atoms with Crippen LogP contribution in [0.25, 0.3) is 0 Å². The summed E-state index contributed by atoms with van der Waals surface area (Å²) < 4.78 is 12.5. The van der Waals surface area contributed by atoms with Crippen LogP contribution < -0.4 is 5.32 Å². The Kier molecular flexibility index (Phi) is 2.35. The van der Waals surface area contributed by atoms with Crippen molar-refractivity contribution in [2.24, 2.45) is 0 Å². The molecule has 0 spiro atoms. The van der Waals surface area contributed by atoms with Gasteiger partial charge in [-0.15, -0.1) is 0 Å². The fraction of sp³-hybridized carbons (Fsp3) is 0.125. The Hall–Kier alpha value is -1.98. The molecule has 2 rings (SSSR count). The lowest BCUT2D eigenvalue weighted by atomic mass is 10.4. The van der Waals surface area contributed by atoms with Gasteiger partial charge in [0.1, 0.15) is 17.3 Å². The molecule has 2 heterocycles. The second-order valence-corrected chi connectivity index (χ2v) is 2.68. The molecule has 14 heavy (non-hydrogen) atoms. The van der Waals surface area contributed by atoms with Crippen molar-refractivity contribution in [3.63, 3.8) is 0 Å². The van der Waals surface area contributed by atoms with Crippen molar-refractivity contribution in [2.45, 2.75) is 6.54 Å². The molecule has 2 N–H and O–H groups in total. The van der Waals surface area contributed by atoms with Gasteiger partial charge < -0.3 is 5.32 Å². The smallest absolute Gasteiger partial charge is 0.141 e. The second-order valence-electron chi connectivity index (χ2n) is 2.68. The summed E-state index contributed by atoms with van der Waals surface area (Å²) in [7, 11) is 0. The Bertz CT molecular complexity index is 383. The number of rotatable bonds is 3. The van der Waals surface area contributed by atoms with Crippen LogP contribution in [0.3, 0.4) is 0 Å². The Morgan fingerprint density at radius 2 is 2.29 bits per heavy atom. The molecule has 0 radical (unpaired) electrons. The summed E-state index contributed by atoms with van der Waals surface area (Å²) in [6, 6.07) is 2.91. The molecule has 0 unspecified atom stereocenters. The minimum absolute atomic E-state index is 0.350. The molecule has 72 valence electrons. The van der Waals surface area contributed by atoms with E-state index in [0.29, 0.717) is 12.4 Å². The van der Waals surface area contributed by atoms with E-state index in [1.54, 1.807) is 12.3 Å². The van der Waals surface area contributed by atoms with Gasteiger partial charge in [0, 0.05) is 0 Å². The van der Waals surface area contributed by atoms with E-state index in [1.165, 1.54) is 6.07 Å². The van der Waals surface area contributed by atoms with Crippen molar-refractivity contribution < 1.29 is 4.39 Å². The van der Waals surface area contributed by atoms with Gasteiger partial charge >= 0.3 is 0 Å². The lowest BCUT2D eigenvalue weighted by molar-refractivity contribution is 0.621. The third kappa shape index (κ3) is 2.03. The number of aromatic amines is 1. The van der Waals surface area contributed by atoms with Gasteiger partial charge in [0.05, 0.1) is 18.9 Å². The molecular weight excluding hydrogens is 185 g/mol. The highest BCUT2D eigenvalue weighted by Crippen LogP contribution is 2.04. The molecule has 0 saturated heterocycles. The molecule has 0 bridgehead atoms. The first-order chi connectivity index (χ1) is 6.84. The largest absolute Gasteiger partial charge is 0.364 e. The van der Waals surface area contributed by atoms with Gasteiger partial charge in [-0.1, -0.05) is 0 Å². The maximum atomic E-state index is 12.5. The van der Waals surface area contributed by atoms with Gasteiger partial charge in [0.2, 0.25) is 0 Å². The zero-order chi connectivity index (χ0) is 9.80. The molecule has 0 aromatic carbocycles. The number of nitrogens with one attached hydrogen (secondary N) is 2. The number of hydrogen-bond acceptors (Lipinski definition) is 4. The van der Waals surface area contributed by atoms with Crippen molar-refractivity contribution in [1.82, 2.24) is 20.4 Å². The van der Waals surface area contributed by atoms with Crippen molar-refractivity contribution in [3.8, 4) is 0 Å². The minimum atomic E-state index is -0.350. The third-order valence-corrected chi connectivity index (χ3v) is 1.64. The van der Waals surface area contributed by atoms with Gasteiger partial charge in [0.25, 0.3) is 0 Å². The summed E-state index contributed by atoms with van der Waals surface area (Å²) in [4.78, 5) is 3.83. The lowest BCUT2D eigenvalue weighted by Crippen LogP contribution is -2.01. The summed E-state index contributed by atoms with van der Waals surface area (Å²) in [6.07, 6.45) is 2.77. The summed E-state index contributed by atoms with van der Waals surface area (Å²) in [5.74, 6) is 0.256. The molecule has 0 fully saturated rings. The monoisotopic (exact) mass is 193 g/mol. The zero-order valence-corrected chi connectivity index (χ0v) is 7.24. The number of hydrogen-bond donors (Lipinski definition) is 2. The highest BCUT2D eigenvalue weighted by molar-refractivity contribution is 5.33. The molecular formula is C8H8FN5. The maximum absolute atomic E-state index is 12.5. The van der Waals surface area contributed by atoms with Crippen LogP contribution in [0.4, 0.5) is 10.2 Å². The molecule has 0 saturated carbocycles. The van der Waals surface area contributed by atoms with Gasteiger partial charge in [-0.25, -0.2) is 9.37 Å². The highest BCUT2D eigenvalue weighted by Gasteiger charge is 1.97. The molecule has 0 aliphatic heterocycles. The molecule has 2 aromatic rings. The van der Waals surface area contributed by atoms with Gasteiger partial charge in [-0.2, -0.15) is 15.4 Å². The number of aromatic nitrogens is 4. The van der Waals surface area contributed by atoms with Gasteiger partial charge in [-0.3, -0.25) is 0 Å². The molecule has 0 aliphatic carbocycles. The number of pyridine rings is 1. The van der Waals surface area contributed by atoms with E-state index in [1.807, 2.05) is 0 Å². The van der Waals surface area contributed by atoms with Crippen molar-refractivity contribution in [2.75, 3.05) is 5.32 Å². The average Bonchev–Trinajstić information content (AvgIpc) is 2.70. The first kappa shape index (κ1) is 8.61. The van der Waals surface area contributed by atoms with E-state index in [4.69, 9.17) is 0 Å². The highest BCUT2D eigenvalue weighted by atomic mass is 19.1. The number of H-pyrrole nitrogens is 1. The zero-order valence-electron chi connectivity index (χ0n) is 7.24. The Balaban J connectivity index is 1.95. The van der Waals surface area contributed by atoms with Crippen LogP contribution in [0.15, 0.2) is 24.5 Å². The van der Waals surface area contributed by atoms with Crippen LogP contribution in [0, 0.1) is 5.82 Å². The fourth-order valence-electron chi connectivity index (χ4n) is 0.972. The van der Waals surface area contributed by atoms with Crippen LogP contribution in [-0.2, 0) is 6.54 Å². The number of halogens is 1. The predicted octanol–water partition coefficient (Wildman–Crippen LogP) is 0.951. The van der Waals surface area contributed by atoms with E-state index < -0.39 is 0 Å². The van der Waals surface area contributed by atoms with Crippen LogP contribution in [-0.4, -0.2) is 20.4 Å². The Labute approximate surface area is 79.4 Å². The Morgan fingerprint density at radius 3 is 2.93 bits per heavy atom. The normalized spacial score (nSPS) is 10.1. The topological polar surface area (TPSA) is 66.5 Å². The van der Waals surface area contributed by atoms with Crippen LogP contribution in [0.5, 0.6) is 0 Å². The maximum Gasteiger partial charge on any atom is 0.141 e. The van der Waals surface area contributed by atoms with Gasteiger partial charge in [-0.05, 0) is 12.1 Å².